The maximum Gasteiger partial charge on any atom is 0.326 e. The minimum atomic E-state index is -1.49. The number of nitrogens with one attached hydrogen (secondary N) is 4. The number of imidazole rings is 1. The quantitative estimate of drug-likeness (QED) is 0.123. The van der Waals surface area contributed by atoms with Crippen molar-refractivity contribution in [1.29, 1.82) is 0 Å². The summed E-state index contributed by atoms with van der Waals surface area (Å²) in [6.07, 6.45) is 1.24. The smallest absolute Gasteiger partial charge is 0.326 e. The van der Waals surface area contributed by atoms with Crippen molar-refractivity contribution >= 4 is 35.6 Å². The monoisotopic (exact) mass is 512 g/mol. The highest BCUT2D eigenvalue weighted by Gasteiger charge is 2.31. The van der Waals surface area contributed by atoms with Gasteiger partial charge in [0.2, 0.25) is 17.7 Å². The van der Waals surface area contributed by atoms with Gasteiger partial charge in [0.1, 0.15) is 18.1 Å². The summed E-state index contributed by atoms with van der Waals surface area (Å²) in [5.74, 6) is -6.65. The van der Waals surface area contributed by atoms with Crippen molar-refractivity contribution in [2.75, 3.05) is 0 Å². The first-order chi connectivity index (χ1) is 16.8. The van der Waals surface area contributed by atoms with Crippen LogP contribution in [0.15, 0.2) is 12.5 Å². The van der Waals surface area contributed by atoms with Gasteiger partial charge in [0, 0.05) is 24.7 Å². The molecule has 0 spiro atoms. The fraction of sp³-hybridized carbons (Fsp3) is 0.571. The van der Waals surface area contributed by atoms with Gasteiger partial charge >= 0.3 is 17.9 Å². The van der Waals surface area contributed by atoms with Gasteiger partial charge in [-0.2, -0.15) is 0 Å². The van der Waals surface area contributed by atoms with Crippen molar-refractivity contribution in [3.63, 3.8) is 0 Å². The Morgan fingerprint density at radius 3 is 2.00 bits per heavy atom. The van der Waals surface area contributed by atoms with E-state index >= 15 is 0 Å². The lowest BCUT2D eigenvalue weighted by atomic mass is 10.0. The predicted octanol–water partition coefficient (Wildman–Crippen LogP) is -1.80. The van der Waals surface area contributed by atoms with E-state index in [-0.39, 0.29) is 25.2 Å². The van der Waals surface area contributed by atoms with Crippen LogP contribution in [0.25, 0.3) is 0 Å². The number of rotatable bonds is 16. The fourth-order valence-electron chi connectivity index (χ4n) is 3.16. The summed E-state index contributed by atoms with van der Waals surface area (Å²) in [6, 6.07) is -5.41. The number of carboxylic acids is 3. The molecule has 9 N–H and O–H groups in total. The van der Waals surface area contributed by atoms with E-state index in [1.54, 1.807) is 13.8 Å². The number of nitrogens with zero attached hydrogens (tertiary/aromatic N) is 1. The van der Waals surface area contributed by atoms with E-state index in [4.69, 9.17) is 15.9 Å². The normalized spacial score (nSPS) is 14.2. The second-order valence-electron chi connectivity index (χ2n) is 8.57. The number of aromatic nitrogens is 2. The van der Waals surface area contributed by atoms with Crippen LogP contribution in [0.2, 0.25) is 0 Å². The molecule has 0 aliphatic heterocycles. The van der Waals surface area contributed by atoms with Crippen LogP contribution in [0, 0.1) is 5.92 Å². The number of nitrogens with two attached hydrogens (primary N) is 1. The van der Waals surface area contributed by atoms with Crippen LogP contribution in [0.1, 0.15) is 45.2 Å². The van der Waals surface area contributed by atoms with Gasteiger partial charge in [0.15, 0.2) is 0 Å². The van der Waals surface area contributed by atoms with Crippen molar-refractivity contribution in [3.05, 3.63) is 18.2 Å². The maximum absolute atomic E-state index is 13.1. The highest BCUT2D eigenvalue weighted by Crippen LogP contribution is 2.09. The summed E-state index contributed by atoms with van der Waals surface area (Å²) < 4.78 is 0. The first-order valence-electron chi connectivity index (χ1n) is 11.1. The summed E-state index contributed by atoms with van der Waals surface area (Å²) in [4.78, 5) is 78.0. The molecule has 0 bridgehead atoms. The molecule has 3 amide bonds. The Morgan fingerprint density at radius 1 is 0.917 bits per heavy atom. The molecule has 200 valence electrons. The standard InChI is InChI=1S/C21H32N6O9/c1-10(2)5-14(19(33)25-13(21(35)36)3-4-16(28)29)27-20(34)15(6-11-8-23-9-24-11)26-18(32)12(22)7-17(30)31/h8-10,12-15H,3-7,22H2,1-2H3,(H,23,24)(H,25,33)(H,26,32)(H,27,34)(H,28,29)(H,30,31)(H,35,36). The second-order valence-corrected chi connectivity index (χ2v) is 8.57. The Hall–Kier alpha value is -4.01. The molecule has 15 heteroatoms. The van der Waals surface area contributed by atoms with E-state index < -0.39 is 72.6 Å². The third-order valence-electron chi connectivity index (χ3n) is 4.94. The van der Waals surface area contributed by atoms with Gasteiger partial charge in [-0.25, -0.2) is 9.78 Å². The average Bonchev–Trinajstić information content (AvgIpc) is 3.27. The number of amides is 3. The third kappa shape index (κ3) is 10.9. The summed E-state index contributed by atoms with van der Waals surface area (Å²) in [5.41, 5.74) is 6.03. The lowest BCUT2D eigenvalue weighted by Gasteiger charge is -2.26. The van der Waals surface area contributed by atoms with Gasteiger partial charge < -0.3 is 42.0 Å². The highest BCUT2D eigenvalue weighted by atomic mass is 16.4. The first kappa shape index (κ1) is 30.0. The number of hydrogen-bond acceptors (Lipinski definition) is 8. The zero-order valence-corrected chi connectivity index (χ0v) is 19.9. The number of carboxylic acid groups (broad SMARTS) is 3. The summed E-state index contributed by atoms with van der Waals surface area (Å²) in [5, 5.41) is 34.1. The molecule has 0 aliphatic carbocycles. The number of carbonyl (C=O) groups is 6. The topological polar surface area (TPSA) is 254 Å². The molecule has 0 saturated heterocycles. The Balaban J connectivity index is 3.05. The van der Waals surface area contributed by atoms with Crippen LogP contribution < -0.4 is 21.7 Å². The van der Waals surface area contributed by atoms with Gasteiger partial charge in [-0.15, -0.1) is 0 Å². The Morgan fingerprint density at radius 2 is 1.50 bits per heavy atom. The van der Waals surface area contributed by atoms with E-state index in [1.165, 1.54) is 12.5 Å². The average molecular weight is 513 g/mol. The zero-order valence-electron chi connectivity index (χ0n) is 19.9. The lowest BCUT2D eigenvalue weighted by Crippen LogP contribution is -2.58. The highest BCUT2D eigenvalue weighted by molar-refractivity contribution is 5.94. The van der Waals surface area contributed by atoms with E-state index in [2.05, 4.69) is 25.9 Å². The number of hydrogen-bond donors (Lipinski definition) is 8. The van der Waals surface area contributed by atoms with Crippen molar-refractivity contribution in [3.8, 4) is 0 Å². The largest absolute Gasteiger partial charge is 0.481 e. The molecule has 1 aromatic rings. The van der Waals surface area contributed by atoms with E-state index in [9.17, 15) is 33.9 Å². The van der Waals surface area contributed by atoms with Crippen LogP contribution >= 0.6 is 0 Å². The maximum atomic E-state index is 13.1. The van der Waals surface area contributed by atoms with E-state index in [0.717, 1.165) is 0 Å². The molecule has 15 nitrogen and oxygen atoms in total. The molecule has 0 aromatic carbocycles. The van der Waals surface area contributed by atoms with Gasteiger partial charge in [-0.1, -0.05) is 13.8 Å². The van der Waals surface area contributed by atoms with Gasteiger partial charge in [-0.3, -0.25) is 24.0 Å². The number of aliphatic carboxylic acids is 3. The number of carbonyl (C=O) groups excluding carboxylic acids is 3. The Bertz CT molecular complexity index is 934. The van der Waals surface area contributed by atoms with Crippen molar-refractivity contribution < 1.29 is 44.1 Å². The summed E-state index contributed by atoms with van der Waals surface area (Å²) in [7, 11) is 0. The summed E-state index contributed by atoms with van der Waals surface area (Å²) in [6.45, 7) is 3.53. The first-order valence-corrected chi connectivity index (χ1v) is 11.1. The van der Waals surface area contributed by atoms with Gasteiger partial charge in [-0.05, 0) is 18.8 Å². The van der Waals surface area contributed by atoms with Crippen LogP contribution in [-0.2, 0) is 35.2 Å². The van der Waals surface area contributed by atoms with E-state index in [0.29, 0.717) is 5.69 Å². The lowest BCUT2D eigenvalue weighted by molar-refractivity contribution is -0.143. The number of H-pyrrole nitrogens is 1. The Labute approximate surface area is 206 Å². The molecule has 0 radical (unpaired) electrons. The fourth-order valence-corrected chi connectivity index (χ4v) is 3.16. The molecular formula is C21H32N6O9. The van der Waals surface area contributed by atoms with Crippen LogP contribution in [0.3, 0.4) is 0 Å². The molecule has 1 aromatic heterocycles. The molecule has 36 heavy (non-hydrogen) atoms. The SMILES string of the molecule is CC(C)CC(NC(=O)C(Cc1cnc[nH]1)NC(=O)C(N)CC(=O)O)C(=O)NC(CCC(=O)O)C(=O)O. The van der Waals surface area contributed by atoms with E-state index in [1.807, 2.05) is 0 Å². The van der Waals surface area contributed by atoms with Gasteiger partial charge in [0.25, 0.3) is 0 Å². The van der Waals surface area contributed by atoms with Crippen LogP contribution in [0.4, 0.5) is 0 Å². The molecule has 0 saturated carbocycles. The molecule has 4 unspecified atom stereocenters. The third-order valence-corrected chi connectivity index (χ3v) is 4.94. The molecule has 1 heterocycles. The minimum absolute atomic E-state index is 0.0935. The zero-order chi connectivity index (χ0) is 27.4. The second kappa shape index (κ2) is 14.4. The molecule has 1 rings (SSSR count). The van der Waals surface area contributed by atoms with Crippen LogP contribution in [0.5, 0.6) is 0 Å². The molecular weight excluding hydrogens is 480 g/mol. The van der Waals surface area contributed by atoms with Crippen molar-refractivity contribution in [2.45, 2.75) is 70.1 Å². The molecule has 0 aliphatic rings. The molecule has 0 fully saturated rings. The Kier molecular flexibility index (Phi) is 12.0. The van der Waals surface area contributed by atoms with Gasteiger partial charge in [0.05, 0.1) is 18.8 Å². The van der Waals surface area contributed by atoms with Crippen molar-refractivity contribution in [1.82, 2.24) is 25.9 Å². The van der Waals surface area contributed by atoms with Crippen LogP contribution in [-0.4, -0.2) is 85.1 Å². The minimum Gasteiger partial charge on any atom is -0.481 e. The molecule has 4 atom stereocenters. The predicted molar refractivity (Wildman–Crippen MR) is 122 cm³/mol. The summed E-state index contributed by atoms with van der Waals surface area (Å²) >= 11 is 0. The van der Waals surface area contributed by atoms with Crippen molar-refractivity contribution in [2.24, 2.45) is 11.7 Å². The number of aromatic amines is 1.